The summed E-state index contributed by atoms with van der Waals surface area (Å²) in [5.74, 6) is 0.343. The van der Waals surface area contributed by atoms with Gasteiger partial charge in [-0.2, -0.15) is 0 Å². The Labute approximate surface area is 147 Å². The van der Waals surface area contributed by atoms with Gasteiger partial charge in [0.2, 0.25) is 5.91 Å². The number of H-pyrrole nitrogens is 1. The highest BCUT2D eigenvalue weighted by molar-refractivity contribution is 5.99. The number of fused-ring (bicyclic) bond motifs is 1. The third-order valence-corrected chi connectivity index (χ3v) is 4.92. The van der Waals surface area contributed by atoms with Crippen LogP contribution < -0.4 is 5.32 Å². The normalized spacial score (nSPS) is 18.9. The minimum atomic E-state index is -0.137. The molecule has 2 amide bonds. The fraction of sp³-hybridized carbons (Fsp3) is 0.588. The molecule has 0 saturated carbocycles. The summed E-state index contributed by atoms with van der Waals surface area (Å²) >= 11 is 0. The number of imidazole rings is 1. The Balaban J connectivity index is 1.52. The number of carbonyl (C=O) groups is 2. The predicted molar refractivity (Wildman–Crippen MR) is 94.3 cm³/mol. The molecule has 2 aromatic rings. The van der Waals surface area contributed by atoms with Crippen LogP contribution in [-0.4, -0.2) is 76.0 Å². The quantitative estimate of drug-likeness (QED) is 0.801. The van der Waals surface area contributed by atoms with E-state index >= 15 is 0 Å². The molecule has 2 aromatic heterocycles. The molecule has 25 heavy (non-hydrogen) atoms. The number of hydrogen-bond acceptors (Lipinski definition) is 4. The first-order valence-electron chi connectivity index (χ1n) is 8.75. The molecule has 1 aliphatic heterocycles. The molecule has 0 aromatic carbocycles. The van der Waals surface area contributed by atoms with Crippen molar-refractivity contribution in [1.29, 1.82) is 0 Å². The first-order valence-corrected chi connectivity index (χ1v) is 8.75. The third-order valence-electron chi connectivity index (χ3n) is 4.92. The van der Waals surface area contributed by atoms with Crippen LogP contribution in [0, 0.1) is 5.92 Å². The summed E-state index contributed by atoms with van der Waals surface area (Å²) in [4.78, 5) is 33.0. The molecule has 3 heterocycles. The number of amides is 2. The minimum absolute atomic E-state index is 0.0677. The van der Waals surface area contributed by atoms with Crippen molar-refractivity contribution in [2.75, 3.05) is 33.7 Å². The summed E-state index contributed by atoms with van der Waals surface area (Å²) in [5, 5.41) is 5.94. The van der Waals surface area contributed by atoms with Gasteiger partial charge < -0.3 is 10.2 Å². The van der Waals surface area contributed by atoms with E-state index < -0.39 is 0 Å². The largest absolute Gasteiger partial charge is 0.352 e. The molecule has 1 unspecified atom stereocenters. The fourth-order valence-electron chi connectivity index (χ4n) is 3.48. The average Bonchev–Trinajstić information content (AvgIpc) is 3.29. The van der Waals surface area contributed by atoms with Crippen molar-refractivity contribution in [3.8, 4) is 0 Å². The molecule has 2 N–H and O–H groups in total. The first-order chi connectivity index (χ1) is 12.0. The van der Waals surface area contributed by atoms with Gasteiger partial charge in [0.1, 0.15) is 5.56 Å². The number of likely N-dealkylation sites (N-methyl/N-ethyl adjacent to an activating group) is 1. The number of aromatic amines is 1. The number of nitrogens with zero attached hydrogens (tertiary/aromatic N) is 4. The van der Waals surface area contributed by atoms with E-state index in [0.29, 0.717) is 30.2 Å². The van der Waals surface area contributed by atoms with Crippen molar-refractivity contribution in [2.24, 2.45) is 5.92 Å². The Bertz CT molecular complexity index is 749. The molecule has 0 radical (unpaired) electrons. The van der Waals surface area contributed by atoms with Gasteiger partial charge in [-0.15, -0.1) is 0 Å². The Hall–Kier alpha value is -2.35. The minimum Gasteiger partial charge on any atom is -0.352 e. The molecular weight excluding hydrogens is 320 g/mol. The van der Waals surface area contributed by atoms with Gasteiger partial charge in [-0.25, -0.2) is 9.50 Å². The molecule has 136 valence electrons. The highest BCUT2D eigenvalue weighted by Gasteiger charge is 2.31. The second-order valence-electron chi connectivity index (χ2n) is 6.84. The second-order valence-corrected chi connectivity index (χ2v) is 6.84. The van der Waals surface area contributed by atoms with E-state index in [4.69, 9.17) is 0 Å². The van der Waals surface area contributed by atoms with Gasteiger partial charge in [-0.05, 0) is 32.9 Å². The Morgan fingerprint density at radius 3 is 3.00 bits per heavy atom. The molecular formula is C17H26N6O2. The topological polar surface area (TPSA) is 85.7 Å². The van der Waals surface area contributed by atoms with Crippen molar-refractivity contribution in [3.05, 3.63) is 24.2 Å². The van der Waals surface area contributed by atoms with E-state index in [1.54, 1.807) is 23.1 Å². The van der Waals surface area contributed by atoms with Gasteiger partial charge in [0.25, 0.3) is 5.91 Å². The fourth-order valence-corrected chi connectivity index (χ4v) is 3.48. The van der Waals surface area contributed by atoms with Crippen molar-refractivity contribution < 1.29 is 9.59 Å². The smallest absolute Gasteiger partial charge is 0.256 e. The van der Waals surface area contributed by atoms with Crippen molar-refractivity contribution >= 4 is 17.5 Å². The summed E-state index contributed by atoms with van der Waals surface area (Å²) in [6, 6.07) is -0.0677. The van der Waals surface area contributed by atoms with E-state index in [0.717, 1.165) is 19.4 Å². The Morgan fingerprint density at radius 2 is 2.28 bits per heavy atom. The van der Waals surface area contributed by atoms with Crippen LogP contribution in [0.1, 0.15) is 30.1 Å². The van der Waals surface area contributed by atoms with Crippen molar-refractivity contribution in [3.63, 3.8) is 0 Å². The standard InChI is InChI=1S/C17H26N6O2/c1-4-14(21(2)3)17(25)22-7-5-12(11-22)9-19-16(24)13-10-20-23-8-6-18-15(13)23/h6,8,10,12,14,20H,4-5,7,9,11H2,1-3H3,(H,19,24)/t12-,14?/m1/s1. The molecule has 1 saturated heterocycles. The Kier molecular flexibility index (Phi) is 5.08. The van der Waals surface area contributed by atoms with Crippen LogP contribution in [0.3, 0.4) is 0 Å². The zero-order chi connectivity index (χ0) is 18.0. The van der Waals surface area contributed by atoms with Crippen LogP contribution in [0.15, 0.2) is 18.6 Å². The molecule has 0 spiro atoms. The molecule has 8 nitrogen and oxygen atoms in total. The van der Waals surface area contributed by atoms with E-state index in [9.17, 15) is 9.59 Å². The number of rotatable bonds is 6. The van der Waals surface area contributed by atoms with E-state index in [2.05, 4.69) is 15.4 Å². The molecule has 1 fully saturated rings. The number of aromatic nitrogens is 3. The van der Waals surface area contributed by atoms with Gasteiger partial charge in [0.15, 0.2) is 5.65 Å². The van der Waals surface area contributed by atoms with Crippen molar-refractivity contribution in [1.82, 2.24) is 29.7 Å². The van der Waals surface area contributed by atoms with Crippen LogP contribution in [0.5, 0.6) is 0 Å². The van der Waals surface area contributed by atoms with Gasteiger partial charge >= 0.3 is 0 Å². The third kappa shape index (κ3) is 3.53. The molecule has 2 atom stereocenters. The van der Waals surface area contributed by atoms with Gasteiger partial charge in [0.05, 0.1) is 6.04 Å². The molecule has 1 aliphatic rings. The van der Waals surface area contributed by atoms with Crippen LogP contribution >= 0.6 is 0 Å². The monoisotopic (exact) mass is 346 g/mol. The van der Waals surface area contributed by atoms with E-state index in [1.807, 2.05) is 30.8 Å². The maximum absolute atomic E-state index is 12.6. The zero-order valence-electron chi connectivity index (χ0n) is 15.0. The lowest BCUT2D eigenvalue weighted by Crippen LogP contribution is -2.45. The summed E-state index contributed by atoms with van der Waals surface area (Å²) in [7, 11) is 3.88. The molecule has 3 rings (SSSR count). The summed E-state index contributed by atoms with van der Waals surface area (Å²) in [5.41, 5.74) is 1.16. The molecule has 0 bridgehead atoms. The highest BCUT2D eigenvalue weighted by Crippen LogP contribution is 2.18. The van der Waals surface area contributed by atoms with Crippen LogP contribution in [0.2, 0.25) is 0 Å². The van der Waals surface area contributed by atoms with Crippen molar-refractivity contribution in [2.45, 2.75) is 25.8 Å². The zero-order valence-corrected chi connectivity index (χ0v) is 15.0. The summed E-state index contributed by atoms with van der Waals surface area (Å²) in [6.07, 6.45) is 6.80. The molecule has 0 aliphatic carbocycles. The summed E-state index contributed by atoms with van der Waals surface area (Å²) < 4.78 is 1.71. The lowest BCUT2D eigenvalue weighted by atomic mass is 10.1. The number of nitrogens with one attached hydrogen (secondary N) is 2. The highest BCUT2D eigenvalue weighted by atomic mass is 16.2. The summed E-state index contributed by atoms with van der Waals surface area (Å²) in [6.45, 7) is 4.07. The average molecular weight is 346 g/mol. The Morgan fingerprint density at radius 1 is 1.48 bits per heavy atom. The SMILES string of the molecule is CCC(C(=O)N1CC[C@H](CNC(=O)c2c[nH]n3ccnc23)C1)N(C)C. The van der Waals surface area contributed by atoms with E-state index in [1.165, 1.54) is 0 Å². The number of hydrogen-bond donors (Lipinski definition) is 2. The van der Waals surface area contributed by atoms with Gasteiger partial charge in [-0.3, -0.25) is 19.6 Å². The maximum Gasteiger partial charge on any atom is 0.256 e. The van der Waals surface area contributed by atoms with E-state index in [-0.39, 0.29) is 17.9 Å². The van der Waals surface area contributed by atoms with Crippen LogP contribution in [-0.2, 0) is 4.79 Å². The van der Waals surface area contributed by atoms with Gasteiger partial charge in [-0.1, -0.05) is 6.92 Å². The number of likely N-dealkylation sites (tertiary alicyclic amines) is 1. The maximum atomic E-state index is 12.6. The van der Waals surface area contributed by atoms with Gasteiger partial charge in [0, 0.05) is 38.2 Å². The van der Waals surface area contributed by atoms with Crippen LogP contribution in [0.4, 0.5) is 0 Å². The lowest BCUT2D eigenvalue weighted by Gasteiger charge is -2.27. The van der Waals surface area contributed by atoms with Crippen LogP contribution in [0.25, 0.3) is 5.65 Å². The first kappa shape index (κ1) is 17.5. The number of carbonyl (C=O) groups excluding carboxylic acids is 2. The lowest BCUT2D eigenvalue weighted by molar-refractivity contribution is -0.135. The predicted octanol–water partition coefficient (Wildman–Crippen LogP) is 0.581. The second kappa shape index (κ2) is 7.26. The molecule has 8 heteroatoms.